The molecule has 0 aromatic rings. The molecule has 9 heteroatoms. The highest BCUT2D eigenvalue weighted by Gasteiger charge is 2.24. The summed E-state index contributed by atoms with van der Waals surface area (Å²) in [5.41, 5.74) is 0. The standard InChI is InChI=1S/2C9H19N.3C8H17N.2C8H16O.C7H15N.C7H14O/c1-8(2)9-4-6-10(3)7-5-9;1-8(2)9-5-4-6-10(3)7-9;1-7(2)8-4-5-9(3)6-8;1-7(2)8-3-5-9-6-4-8;1-7(2)8-4-3-5-9-6-8;1-7(2)8-3-5-9-6-4-8;1-7(2)8-4-3-5-9-6-8;2*1-6(2)7-3-4-8-5-7/h2*8-9H,4-7H2,1-3H3;7-8H,4-6H2,1-3H3;2*7-9H,3-6H2,1-2H3;2*7-8H,3-6H2,1-2H3;6-8H,3-5H2,1-2H3;6-7H,3-5H2,1-2H3. The first-order valence-corrected chi connectivity index (χ1v) is 35.3. The van der Waals surface area contributed by atoms with Crippen LogP contribution in [-0.4, -0.2) is 154 Å². The maximum Gasteiger partial charge on any atom is 0.0497 e. The minimum atomic E-state index is 0.810. The minimum absolute atomic E-state index is 0.810. The third-order valence-corrected chi connectivity index (χ3v) is 20.6. The van der Waals surface area contributed by atoms with Gasteiger partial charge >= 0.3 is 0 Å². The van der Waals surface area contributed by atoms with Crippen LogP contribution in [0.1, 0.15) is 221 Å². The molecule has 0 aromatic heterocycles. The topological polar surface area (TPSA) is 73.5 Å². The zero-order chi connectivity index (χ0) is 60.7. The van der Waals surface area contributed by atoms with Crippen molar-refractivity contribution < 1.29 is 14.2 Å². The second-order valence-corrected chi connectivity index (χ2v) is 30.3. The van der Waals surface area contributed by atoms with E-state index in [4.69, 9.17) is 14.2 Å². The number of hydrogen-bond acceptors (Lipinski definition) is 9. The first-order chi connectivity index (χ1) is 38.4. The van der Waals surface area contributed by atoms with Crippen LogP contribution in [0, 0.1) is 107 Å². The fourth-order valence-electron chi connectivity index (χ4n) is 12.9. The Bertz CT molecular complexity index is 1220. The summed E-state index contributed by atoms with van der Waals surface area (Å²) < 4.78 is 15.8. The molecule has 486 valence electrons. The Morgan fingerprint density at radius 1 is 0.272 bits per heavy atom. The Labute approximate surface area is 509 Å². The van der Waals surface area contributed by atoms with Crippen LogP contribution >= 0.6 is 0 Å². The van der Waals surface area contributed by atoms with E-state index < -0.39 is 0 Å². The quantitative estimate of drug-likeness (QED) is 0.209. The molecule has 9 heterocycles. The molecule has 9 nitrogen and oxygen atoms in total. The van der Waals surface area contributed by atoms with E-state index in [2.05, 4.69) is 176 Å². The van der Waals surface area contributed by atoms with Gasteiger partial charge in [-0.3, -0.25) is 0 Å². The van der Waals surface area contributed by atoms with E-state index in [1.54, 1.807) is 0 Å². The Morgan fingerprint density at radius 3 is 0.926 bits per heavy atom. The largest absolute Gasteiger partial charge is 0.381 e. The van der Waals surface area contributed by atoms with E-state index in [-0.39, 0.29) is 0 Å². The predicted octanol–water partition coefficient (Wildman–Crippen LogP) is 15.9. The van der Waals surface area contributed by atoms with E-state index in [0.29, 0.717) is 0 Å². The number of ether oxygens (including phenoxy) is 3. The lowest BCUT2D eigenvalue weighted by Gasteiger charge is -2.31. The van der Waals surface area contributed by atoms with Gasteiger partial charge < -0.3 is 44.9 Å². The smallest absolute Gasteiger partial charge is 0.0497 e. The van der Waals surface area contributed by atoms with E-state index in [1.807, 2.05) is 0 Å². The van der Waals surface area contributed by atoms with Crippen LogP contribution in [-0.2, 0) is 14.2 Å². The van der Waals surface area contributed by atoms with Crippen LogP contribution < -0.4 is 16.0 Å². The van der Waals surface area contributed by atoms with E-state index in [9.17, 15) is 0 Å². The van der Waals surface area contributed by atoms with Crippen molar-refractivity contribution in [3.05, 3.63) is 0 Å². The summed E-state index contributed by atoms with van der Waals surface area (Å²) in [6.45, 7) is 62.9. The Hall–Kier alpha value is -0.360. The van der Waals surface area contributed by atoms with Crippen molar-refractivity contribution in [3.8, 4) is 0 Å². The highest BCUT2D eigenvalue weighted by atomic mass is 16.5. The van der Waals surface area contributed by atoms with Crippen molar-refractivity contribution in [2.24, 2.45) is 107 Å². The van der Waals surface area contributed by atoms with E-state index in [0.717, 1.165) is 146 Å². The molecule has 0 aliphatic carbocycles. The van der Waals surface area contributed by atoms with Crippen molar-refractivity contribution in [2.75, 3.05) is 139 Å². The van der Waals surface area contributed by atoms with Gasteiger partial charge in [0.1, 0.15) is 0 Å². The Kier molecular flexibility index (Phi) is 46.3. The number of rotatable bonds is 9. The maximum atomic E-state index is 5.34. The van der Waals surface area contributed by atoms with Crippen LogP contribution in [0.5, 0.6) is 0 Å². The van der Waals surface area contributed by atoms with Gasteiger partial charge in [-0.25, -0.2) is 0 Å². The van der Waals surface area contributed by atoms with Gasteiger partial charge in [0.25, 0.3) is 0 Å². The second-order valence-electron chi connectivity index (χ2n) is 30.3. The molecular formula is C72H150N6O3. The summed E-state index contributed by atoms with van der Waals surface area (Å²) in [5.74, 6) is 16.2. The zero-order valence-corrected chi connectivity index (χ0v) is 58.8. The van der Waals surface area contributed by atoms with Gasteiger partial charge in [-0.2, -0.15) is 0 Å². The van der Waals surface area contributed by atoms with Crippen LogP contribution in [0.2, 0.25) is 0 Å². The molecule has 9 fully saturated rings. The molecule has 0 aromatic carbocycles. The first kappa shape index (κ1) is 78.7. The van der Waals surface area contributed by atoms with Crippen LogP contribution in [0.15, 0.2) is 0 Å². The van der Waals surface area contributed by atoms with Gasteiger partial charge in [0.15, 0.2) is 0 Å². The van der Waals surface area contributed by atoms with Crippen molar-refractivity contribution in [2.45, 2.75) is 221 Å². The highest BCUT2D eigenvalue weighted by molar-refractivity contribution is 4.77. The Morgan fingerprint density at radius 2 is 0.605 bits per heavy atom. The first-order valence-electron chi connectivity index (χ1n) is 35.3. The van der Waals surface area contributed by atoms with Gasteiger partial charge in [0, 0.05) is 52.7 Å². The average Bonchev–Trinajstić information content (AvgIpc) is 4.30. The molecular weight excluding hydrogens is 997 g/mol. The molecule has 3 N–H and O–H groups in total. The molecule has 9 aliphatic rings. The van der Waals surface area contributed by atoms with Gasteiger partial charge in [0.2, 0.25) is 0 Å². The summed E-state index contributed by atoms with van der Waals surface area (Å²) in [4.78, 5) is 7.30. The van der Waals surface area contributed by atoms with Gasteiger partial charge in [-0.05, 0) is 289 Å². The summed E-state index contributed by atoms with van der Waals surface area (Å²) in [6, 6.07) is 0. The van der Waals surface area contributed by atoms with Gasteiger partial charge in [-0.1, -0.05) is 125 Å². The van der Waals surface area contributed by atoms with Crippen LogP contribution in [0.4, 0.5) is 0 Å². The lowest BCUT2D eigenvalue weighted by Crippen LogP contribution is -2.34. The number of piperidine rings is 4. The summed E-state index contributed by atoms with van der Waals surface area (Å²) in [5, 5.41) is 10.1. The molecule has 0 amide bonds. The molecule has 6 atom stereocenters. The molecule has 0 saturated carbocycles. The lowest BCUT2D eigenvalue weighted by atomic mass is 9.87. The van der Waals surface area contributed by atoms with Crippen LogP contribution in [0.25, 0.3) is 0 Å². The average molecular weight is 1150 g/mol. The normalized spacial score (nSPS) is 27.3. The number of likely N-dealkylation sites (tertiary alicyclic amines) is 3. The van der Waals surface area contributed by atoms with Gasteiger partial charge in [-0.15, -0.1) is 0 Å². The number of hydrogen-bond donors (Lipinski definition) is 3. The van der Waals surface area contributed by atoms with Crippen LogP contribution in [0.3, 0.4) is 0 Å². The SMILES string of the molecule is CC(C)C1CCCN(C)C1.CC(C)C1CCCNC1.CC(C)C1CCCOC1.CC(C)C1CCN(C)C1.CC(C)C1CCN(C)CC1.CC(C)C1CCNC1.CC(C)C1CCNCC1.CC(C)C1CCOC1.CC(C)C1CCOCC1. The van der Waals surface area contributed by atoms with Gasteiger partial charge in [0.05, 0.1) is 0 Å². The fourth-order valence-corrected chi connectivity index (χ4v) is 12.9. The van der Waals surface area contributed by atoms with Crippen molar-refractivity contribution >= 4 is 0 Å². The molecule has 0 spiro atoms. The highest BCUT2D eigenvalue weighted by Crippen LogP contribution is 2.27. The van der Waals surface area contributed by atoms with E-state index in [1.165, 1.54) is 175 Å². The predicted molar refractivity (Wildman–Crippen MR) is 358 cm³/mol. The van der Waals surface area contributed by atoms with Crippen molar-refractivity contribution in [3.63, 3.8) is 0 Å². The molecule has 9 rings (SSSR count). The van der Waals surface area contributed by atoms with Crippen molar-refractivity contribution in [1.82, 2.24) is 30.7 Å². The minimum Gasteiger partial charge on any atom is -0.381 e. The fraction of sp³-hybridized carbons (Fsp3) is 1.00. The molecule has 6 unspecified atom stereocenters. The number of nitrogens with zero attached hydrogens (tertiary/aromatic N) is 3. The third kappa shape index (κ3) is 39.2. The summed E-state index contributed by atoms with van der Waals surface area (Å²) >= 11 is 0. The molecule has 9 aliphatic heterocycles. The summed E-state index contributed by atoms with van der Waals surface area (Å²) in [6.07, 6.45) is 20.5. The van der Waals surface area contributed by atoms with E-state index >= 15 is 0 Å². The molecule has 0 radical (unpaired) electrons. The lowest BCUT2D eigenvalue weighted by molar-refractivity contribution is 0.0373. The zero-order valence-electron chi connectivity index (χ0n) is 58.8. The molecule has 0 bridgehead atoms. The summed E-state index contributed by atoms with van der Waals surface area (Å²) in [7, 11) is 6.66. The maximum absolute atomic E-state index is 5.34. The molecule has 81 heavy (non-hydrogen) atoms. The second kappa shape index (κ2) is 47.7. The van der Waals surface area contributed by atoms with Crippen molar-refractivity contribution in [1.29, 1.82) is 0 Å². The monoisotopic (exact) mass is 1150 g/mol. The molecule has 9 saturated heterocycles. The Balaban J connectivity index is 0.000000456. The third-order valence-electron chi connectivity index (χ3n) is 20.6. The number of nitrogens with one attached hydrogen (secondary N) is 3.